The summed E-state index contributed by atoms with van der Waals surface area (Å²) in [5.74, 6) is 0.0974. The van der Waals surface area contributed by atoms with Crippen molar-refractivity contribution in [1.82, 2.24) is 9.38 Å². The highest BCUT2D eigenvalue weighted by Gasteiger charge is 2.31. The van der Waals surface area contributed by atoms with Gasteiger partial charge in [-0.15, -0.1) is 0 Å². The summed E-state index contributed by atoms with van der Waals surface area (Å²) < 4.78 is 30.2. The average Bonchev–Trinajstić information content (AvgIpc) is 3.52. The van der Waals surface area contributed by atoms with Crippen LogP contribution in [0.1, 0.15) is 15.9 Å². The predicted octanol–water partition coefficient (Wildman–Crippen LogP) is 5.01. The first-order valence-corrected chi connectivity index (χ1v) is 13.0. The molecule has 3 heterocycles. The van der Waals surface area contributed by atoms with Crippen molar-refractivity contribution in [2.24, 2.45) is 0 Å². The molecule has 7 nitrogen and oxygen atoms in total. The van der Waals surface area contributed by atoms with Gasteiger partial charge in [0.25, 0.3) is 15.9 Å². The van der Waals surface area contributed by atoms with Crippen LogP contribution >= 0.6 is 0 Å². The molecule has 0 bridgehead atoms. The molecule has 5 aromatic rings. The van der Waals surface area contributed by atoms with Gasteiger partial charge in [0.15, 0.2) is 0 Å². The highest BCUT2D eigenvalue weighted by Crippen LogP contribution is 2.33. The third-order valence-electron chi connectivity index (χ3n) is 6.34. The Balaban J connectivity index is 1.35. The van der Waals surface area contributed by atoms with E-state index in [0.29, 0.717) is 35.8 Å². The Labute approximate surface area is 208 Å². The van der Waals surface area contributed by atoms with E-state index in [-0.39, 0.29) is 10.5 Å². The quantitative estimate of drug-likeness (QED) is 0.373. The largest absolute Gasteiger partial charge is 0.306 e. The highest BCUT2D eigenvalue weighted by molar-refractivity contribution is 7.92. The second kappa shape index (κ2) is 8.66. The van der Waals surface area contributed by atoms with Gasteiger partial charge >= 0.3 is 0 Å². The number of amides is 1. The zero-order chi connectivity index (χ0) is 24.7. The zero-order valence-corrected chi connectivity index (χ0v) is 20.0. The minimum atomic E-state index is -3.82. The molecule has 0 saturated carbocycles. The molecular formula is C28H22N4O3S. The number of carbonyl (C=O) groups is 1. The fourth-order valence-electron chi connectivity index (χ4n) is 4.57. The first-order valence-electron chi connectivity index (χ1n) is 11.6. The molecule has 36 heavy (non-hydrogen) atoms. The number of hydrogen-bond donors (Lipinski definition) is 1. The van der Waals surface area contributed by atoms with Crippen LogP contribution in [0.15, 0.2) is 108 Å². The Hall–Kier alpha value is -4.43. The van der Waals surface area contributed by atoms with Gasteiger partial charge in [-0.25, -0.2) is 13.4 Å². The van der Waals surface area contributed by atoms with E-state index in [1.807, 2.05) is 83.4 Å². The van der Waals surface area contributed by atoms with Crippen molar-refractivity contribution >= 4 is 33.1 Å². The van der Waals surface area contributed by atoms with Crippen LogP contribution in [0, 0.1) is 0 Å². The Bertz CT molecular complexity index is 1710. The molecule has 0 aliphatic carbocycles. The first-order chi connectivity index (χ1) is 17.5. The van der Waals surface area contributed by atoms with Crippen LogP contribution < -0.4 is 9.62 Å². The topological polar surface area (TPSA) is 83.8 Å². The molecule has 0 saturated heterocycles. The number of nitrogens with one attached hydrogen (secondary N) is 1. The van der Waals surface area contributed by atoms with Gasteiger partial charge in [-0.2, -0.15) is 0 Å². The number of aromatic nitrogens is 2. The minimum Gasteiger partial charge on any atom is -0.306 e. The van der Waals surface area contributed by atoms with Gasteiger partial charge in [0.2, 0.25) is 0 Å². The molecule has 2 aromatic heterocycles. The molecule has 178 valence electrons. The van der Waals surface area contributed by atoms with E-state index in [0.717, 1.165) is 11.1 Å². The van der Waals surface area contributed by atoms with E-state index in [9.17, 15) is 13.2 Å². The summed E-state index contributed by atoms with van der Waals surface area (Å²) in [6.45, 7) is 0.375. The summed E-state index contributed by atoms with van der Waals surface area (Å²) in [6.07, 6.45) is 2.49. The van der Waals surface area contributed by atoms with Gasteiger partial charge in [0, 0.05) is 23.9 Å². The molecule has 1 aliphatic rings. The van der Waals surface area contributed by atoms with Crippen molar-refractivity contribution in [3.8, 4) is 11.3 Å². The van der Waals surface area contributed by atoms with E-state index in [4.69, 9.17) is 4.98 Å². The molecule has 0 spiro atoms. The second-order valence-electron chi connectivity index (χ2n) is 8.54. The number of carbonyl (C=O) groups excluding carboxylic acids is 1. The van der Waals surface area contributed by atoms with Crippen molar-refractivity contribution in [3.05, 3.63) is 114 Å². The smallest absolute Gasteiger partial charge is 0.264 e. The lowest BCUT2D eigenvalue weighted by atomic mass is 10.1. The second-order valence-corrected chi connectivity index (χ2v) is 10.4. The molecule has 0 radical (unpaired) electrons. The molecular weight excluding hydrogens is 472 g/mol. The Morgan fingerprint density at radius 3 is 2.50 bits per heavy atom. The highest BCUT2D eigenvalue weighted by atomic mass is 32.2. The summed E-state index contributed by atoms with van der Waals surface area (Å²) in [7, 11) is -3.82. The lowest BCUT2D eigenvalue weighted by molar-refractivity contribution is 0.102. The lowest BCUT2D eigenvalue weighted by Crippen LogP contribution is -2.29. The predicted molar refractivity (Wildman–Crippen MR) is 140 cm³/mol. The van der Waals surface area contributed by atoms with Crippen LogP contribution in [-0.2, 0) is 16.4 Å². The third-order valence-corrected chi connectivity index (χ3v) is 8.15. The molecule has 0 fully saturated rings. The fraction of sp³-hybridized carbons (Fsp3) is 0.0714. The number of pyridine rings is 1. The maximum absolute atomic E-state index is 13.5. The lowest BCUT2D eigenvalue weighted by Gasteiger charge is -2.20. The van der Waals surface area contributed by atoms with Crippen molar-refractivity contribution in [3.63, 3.8) is 0 Å². The third kappa shape index (κ3) is 3.72. The number of para-hydroxylation sites is 1. The fourth-order valence-corrected chi connectivity index (χ4v) is 6.12. The monoisotopic (exact) mass is 494 g/mol. The normalized spacial score (nSPS) is 13.1. The molecule has 6 rings (SSSR count). The van der Waals surface area contributed by atoms with E-state index >= 15 is 0 Å². The van der Waals surface area contributed by atoms with Crippen molar-refractivity contribution in [2.45, 2.75) is 11.3 Å². The summed E-state index contributed by atoms with van der Waals surface area (Å²) in [5, 5.41) is 2.97. The van der Waals surface area contributed by atoms with E-state index in [2.05, 4.69) is 5.32 Å². The molecule has 8 heteroatoms. The molecule has 1 amide bonds. The van der Waals surface area contributed by atoms with Gasteiger partial charge < -0.3 is 5.32 Å². The zero-order valence-electron chi connectivity index (χ0n) is 19.2. The SMILES string of the molecule is O=C(Nc1c(-c2ccccc2)nc2ccccn12)c1cccc(S(=O)(=O)N2CCc3ccccc32)c1. The maximum atomic E-state index is 13.5. The van der Waals surface area contributed by atoms with Gasteiger partial charge in [0.05, 0.1) is 10.6 Å². The maximum Gasteiger partial charge on any atom is 0.264 e. The number of imidazole rings is 1. The summed E-state index contributed by atoms with van der Waals surface area (Å²) in [5.41, 5.74) is 4.11. The van der Waals surface area contributed by atoms with E-state index in [1.165, 1.54) is 16.4 Å². The standard InChI is InChI=1S/C28H22N4O3S/c33-28(30-27-26(21-10-2-1-3-11-21)29-25-15-6-7-17-31(25)27)22-12-8-13-23(19-22)36(34,35)32-18-16-20-9-4-5-14-24(20)32/h1-15,17,19H,16,18H2,(H,30,33). The number of benzene rings is 3. The van der Waals surface area contributed by atoms with E-state index in [1.54, 1.807) is 12.1 Å². The van der Waals surface area contributed by atoms with Gasteiger partial charge in [-0.3, -0.25) is 13.5 Å². The number of hydrogen-bond acceptors (Lipinski definition) is 4. The van der Waals surface area contributed by atoms with Gasteiger partial charge in [0.1, 0.15) is 17.2 Å². The Morgan fingerprint density at radius 1 is 0.861 bits per heavy atom. The Kier molecular flexibility index (Phi) is 5.30. The molecule has 1 N–H and O–H groups in total. The first kappa shape index (κ1) is 22.1. The van der Waals surface area contributed by atoms with Crippen molar-refractivity contribution < 1.29 is 13.2 Å². The number of nitrogens with zero attached hydrogens (tertiary/aromatic N) is 3. The van der Waals surface area contributed by atoms with Gasteiger partial charge in [-0.1, -0.05) is 60.7 Å². The molecule has 1 aliphatic heterocycles. The van der Waals surface area contributed by atoms with E-state index < -0.39 is 15.9 Å². The summed E-state index contributed by atoms with van der Waals surface area (Å²) >= 11 is 0. The number of rotatable bonds is 5. The van der Waals surface area contributed by atoms with Crippen LogP contribution in [0.25, 0.3) is 16.9 Å². The number of sulfonamides is 1. The van der Waals surface area contributed by atoms with Crippen LogP contribution in [0.3, 0.4) is 0 Å². The van der Waals surface area contributed by atoms with Crippen molar-refractivity contribution in [2.75, 3.05) is 16.2 Å². The van der Waals surface area contributed by atoms with Crippen molar-refractivity contribution in [1.29, 1.82) is 0 Å². The minimum absolute atomic E-state index is 0.0771. The number of fused-ring (bicyclic) bond motifs is 2. The molecule has 0 atom stereocenters. The summed E-state index contributed by atoms with van der Waals surface area (Å²) in [6, 6.07) is 28.9. The molecule has 0 unspecified atom stereocenters. The van der Waals surface area contributed by atoms with Crippen LogP contribution in [-0.4, -0.2) is 30.3 Å². The average molecular weight is 495 g/mol. The van der Waals surface area contributed by atoms with Crippen LogP contribution in [0.5, 0.6) is 0 Å². The Morgan fingerprint density at radius 2 is 1.64 bits per heavy atom. The van der Waals surface area contributed by atoms with Gasteiger partial charge in [-0.05, 0) is 48.4 Å². The van der Waals surface area contributed by atoms with Crippen LogP contribution in [0.4, 0.5) is 11.5 Å². The number of anilines is 2. The van der Waals surface area contributed by atoms with Crippen LogP contribution in [0.2, 0.25) is 0 Å². The summed E-state index contributed by atoms with van der Waals surface area (Å²) in [4.78, 5) is 18.2. The molecule has 3 aromatic carbocycles.